The van der Waals surface area contributed by atoms with Crippen LogP contribution in [0.2, 0.25) is 0 Å². The highest BCUT2D eigenvalue weighted by molar-refractivity contribution is 14.0. The van der Waals surface area contributed by atoms with E-state index < -0.39 is 5.60 Å². The summed E-state index contributed by atoms with van der Waals surface area (Å²) in [6, 6.07) is 17.8. The molecule has 6 heteroatoms. The van der Waals surface area contributed by atoms with Crippen LogP contribution in [-0.2, 0) is 12.1 Å². The Morgan fingerprint density at radius 3 is 2.45 bits per heavy atom. The number of hydrogen-bond donors (Lipinski definition) is 3. The van der Waals surface area contributed by atoms with Gasteiger partial charge >= 0.3 is 0 Å². The van der Waals surface area contributed by atoms with Gasteiger partial charge in [-0.1, -0.05) is 48.5 Å². The van der Waals surface area contributed by atoms with E-state index in [4.69, 9.17) is 9.73 Å². The van der Waals surface area contributed by atoms with E-state index in [2.05, 4.69) is 16.7 Å². The van der Waals surface area contributed by atoms with E-state index in [1.807, 2.05) is 55.5 Å². The predicted molar refractivity (Wildman–Crippen MR) is 129 cm³/mol. The van der Waals surface area contributed by atoms with Crippen LogP contribution in [0.4, 0.5) is 0 Å². The van der Waals surface area contributed by atoms with Gasteiger partial charge in [-0.15, -0.1) is 24.0 Å². The van der Waals surface area contributed by atoms with Crippen LogP contribution in [-0.4, -0.2) is 30.3 Å². The Hall–Kier alpha value is -1.80. The topological polar surface area (TPSA) is 65.9 Å². The molecular weight excluding hydrogens is 477 g/mol. The van der Waals surface area contributed by atoms with Gasteiger partial charge in [-0.05, 0) is 44.7 Å². The van der Waals surface area contributed by atoms with Crippen molar-refractivity contribution in [1.29, 1.82) is 0 Å². The molecule has 2 aromatic rings. The summed E-state index contributed by atoms with van der Waals surface area (Å²) < 4.78 is 6.10. The second-order valence-corrected chi connectivity index (χ2v) is 7.47. The van der Waals surface area contributed by atoms with E-state index in [1.165, 1.54) is 6.42 Å². The Labute approximate surface area is 191 Å². The highest BCUT2D eigenvalue weighted by atomic mass is 127. The molecule has 3 rings (SSSR count). The Morgan fingerprint density at radius 2 is 1.79 bits per heavy atom. The number of nitrogens with one attached hydrogen (secondary N) is 2. The van der Waals surface area contributed by atoms with E-state index in [9.17, 15) is 5.11 Å². The second-order valence-electron chi connectivity index (χ2n) is 7.47. The molecule has 0 amide bonds. The molecule has 0 spiro atoms. The molecule has 0 radical (unpaired) electrons. The molecule has 1 atom stereocenters. The van der Waals surface area contributed by atoms with Crippen molar-refractivity contribution in [3.8, 4) is 5.75 Å². The maximum absolute atomic E-state index is 10.8. The predicted octanol–water partition coefficient (Wildman–Crippen LogP) is 4.20. The summed E-state index contributed by atoms with van der Waals surface area (Å²) in [4.78, 5) is 4.70. The van der Waals surface area contributed by atoms with Crippen LogP contribution in [0, 0.1) is 0 Å². The van der Waals surface area contributed by atoms with Crippen molar-refractivity contribution < 1.29 is 9.84 Å². The van der Waals surface area contributed by atoms with Crippen molar-refractivity contribution >= 4 is 29.9 Å². The van der Waals surface area contributed by atoms with E-state index >= 15 is 0 Å². The fourth-order valence-electron chi connectivity index (χ4n) is 3.08. The Morgan fingerprint density at radius 1 is 1.10 bits per heavy atom. The highest BCUT2D eigenvalue weighted by Crippen LogP contribution is 2.28. The number of guanidine groups is 1. The standard InChI is InChI=1S/C23H31N3O2.HI/c1-3-24-22(26-17-23(2,27)19-11-5-4-6-12-19)25-16-18-10-7-8-15-21(18)28-20-13-9-14-20;/h4-8,10-12,15,20,27H,3,9,13-14,16-17H2,1-2H3,(H2,24,25,26);1H. The number of rotatable bonds is 8. The molecule has 0 heterocycles. The minimum Gasteiger partial charge on any atom is -0.490 e. The zero-order chi connectivity index (χ0) is 19.8. The normalized spacial score (nSPS) is 16.2. The van der Waals surface area contributed by atoms with Crippen LogP contribution in [0.25, 0.3) is 0 Å². The van der Waals surface area contributed by atoms with Crippen molar-refractivity contribution in [2.75, 3.05) is 13.1 Å². The summed E-state index contributed by atoms with van der Waals surface area (Å²) in [5.74, 6) is 1.60. The van der Waals surface area contributed by atoms with Crippen molar-refractivity contribution in [2.45, 2.75) is 51.4 Å². The Bertz CT molecular complexity index is 777. The summed E-state index contributed by atoms with van der Waals surface area (Å²) >= 11 is 0. The van der Waals surface area contributed by atoms with Gasteiger partial charge in [0.25, 0.3) is 0 Å². The summed E-state index contributed by atoms with van der Waals surface area (Å²) in [6.45, 7) is 5.47. The molecule has 1 aliphatic carbocycles. The van der Waals surface area contributed by atoms with Gasteiger partial charge in [0.2, 0.25) is 0 Å². The van der Waals surface area contributed by atoms with Gasteiger partial charge in [-0.2, -0.15) is 0 Å². The highest BCUT2D eigenvalue weighted by Gasteiger charge is 2.23. The first kappa shape index (κ1) is 23.5. The molecule has 1 saturated carbocycles. The first-order chi connectivity index (χ1) is 13.6. The average Bonchev–Trinajstić information content (AvgIpc) is 2.68. The first-order valence-corrected chi connectivity index (χ1v) is 10.1. The first-order valence-electron chi connectivity index (χ1n) is 10.1. The van der Waals surface area contributed by atoms with Crippen molar-refractivity contribution in [1.82, 2.24) is 10.6 Å². The maximum Gasteiger partial charge on any atom is 0.191 e. The molecular formula is C23H32IN3O2. The van der Waals surface area contributed by atoms with E-state index in [0.29, 0.717) is 25.2 Å². The van der Waals surface area contributed by atoms with Crippen LogP contribution in [0.15, 0.2) is 59.6 Å². The van der Waals surface area contributed by atoms with Crippen LogP contribution < -0.4 is 15.4 Å². The Kier molecular flexibility index (Phi) is 9.23. The summed E-state index contributed by atoms with van der Waals surface area (Å²) in [6.07, 6.45) is 3.87. The minimum absolute atomic E-state index is 0. The fraction of sp³-hybridized carbons (Fsp3) is 0.435. The lowest BCUT2D eigenvalue weighted by Crippen LogP contribution is -2.44. The lowest BCUT2D eigenvalue weighted by atomic mass is 9.96. The van der Waals surface area contributed by atoms with Gasteiger partial charge in [0.15, 0.2) is 5.96 Å². The molecule has 1 aliphatic rings. The fourth-order valence-corrected chi connectivity index (χ4v) is 3.08. The summed E-state index contributed by atoms with van der Waals surface area (Å²) in [7, 11) is 0. The van der Waals surface area contributed by atoms with Gasteiger partial charge in [0.1, 0.15) is 11.4 Å². The number of hydrogen-bond acceptors (Lipinski definition) is 3. The molecule has 0 aliphatic heterocycles. The minimum atomic E-state index is -0.983. The third kappa shape index (κ3) is 6.89. The zero-order valence-corrected chi connectivity index (χ0v) is 19.6. The SMILES string of the molecule is CCNC(=NCc1ccccc1OC1CCC1)NCC(C)(O)c1ccccc1.I. The number of para-hydroxylation sites is 1. The van der Waals surface area contributed by atoms with Gasteiger partial charge in [0, 0.05) is 12.1 Å². The maximum atomic E-state index is 10.8. The molecule has 3 N–H and O–H groups in total. The molecule has 1 fully saturated rings. The third-order valence-electron chi connectivity index (χ3n) is 5.07. The second kappa shape index (κ2) is 11.4. The summed E-state index contributed by atoms with van der Waals surface area (Å²) in [5.41, 5.74) is 0.960. The quantitative estimate of drug-likeness (QED) is 0.284. The summed E-state index contributed by atoms with van der Waals surface area (Å²) in [5, 5.41) is 17.3. The number of halogens is 1. The van der Waals surface area contributed by atoms with E-state index in [0.717, 1.165) is 36.3 Å². The molecule has 0 aromatic heterocycles. The monoisotopic (exact) mass is 509 g/mol. The number of nitrogens with zero attached hydrogens (tertiary/aromatic N) is 1. The van der Waals surface area contributed by atoms with Crippen LogP contribution in [0.1, 0.15) is 44.2 Å². The van der Waals surface area contributed by atoms with Crippen molar-refractivity contribution in [2.24, 2.45) is 4.99 Å². The molecule has 2 aromatic carbocycles. The van der Waals surface area contributed by atoms with Crippen molar-refractivity contribution in [3.63, 3.8) is 0 Å². The van der Waals surface area contributed by atoms with E-state index in [1.54, 1.807) is 6.92 Å². The number of ether oxygens (including phenoxy) is 1. The average molecular weight is 509 g/mol. The zero-order valence-electron chi connectivity index (χ0n) is 17.2. The lowest BCUT2D eigenvalue weighted by molar-refractivity contribution is 0.0617. The molecule has 1 unspecified atom stereocenters. The smallest absolute Gasteiger partial charge is 0.191 e. The lowest BCUT2D eigenvalue weighted by Gasteiger charge is -2.27. The van der Waals surface area contributed by atoms with Crippen LogP contribution >= 0.6 is 24.0 Å². The molecule has 0 saturated heterocycles. The number of aliphatic hydroxyl groups is 1. The molecule has 158 valence electrons. The molecule has 5 nitrogen and oxygen atoms in total. The van der Waals surface area contributed by atoms with Gasteiger partial charge in [-0.25, -0.2) is 4.99 Å². The van der Waals surface area contributed by atoms with Crippen molar-refractivity contribution in [3.05, 3.63) is 65.7 Å². The van der Waals surface area contributed by atoms with Crippen LogP contribution in [0.3, 0.4) is 0 Å². The van der Waals surface area contributed by atoms with Crippen LogP contribution in [0.5, 0.6) is 5.75 Å². The molecule has 0 bridgehead atoms. The van der Waals surface area contributed by atoms with Gasteiger partial charge in [-0.3, -0.25) is 0 Å². The van der Waals surface area contributed by atoms with Gasteiger partial charge in [0.05, 0.1) is 19.2 Å². The Balaban J connectivity index is 0.00000300. The third-order valence-corrected chi connectivity index (χ3v) is 5.07. The van der Waals surface area contributed by atoms with Gasteiger partial charge < -0.3 is 20.5 Å². The number of aliphatic imine (C=N–C) groups is 1. The van der Waals surface area contributed by atoms with E-state index in [-0.39, 0.29) is 24.0 Å². The molecule has 29 heavy (non-hydrogen) atoms. The number of benzene rings is 2. The largest absolute Gasteiger partial charge is 0.490 e.